The van der Waals surface area contributed by atoms with E-state index in [1.54, 1.807) is 28.7 Å². The number of urea groups is 1. The molecule has 0 saturated carbocycles. The Morgan fingerprint density at radius 2 is 2.18 bits per heavy atom. The van der Waals surface area contributed by atoms with E-state index in [0.29, 0.717) is 36.9 Å². The van der Waals surface area contributed by atoms with Crippen molar-refractivity contribution in [3.05, 3.63) is 29.4 Å². The lowest BCUT2D eigenvalue weighted by Gasteiger charge is -2.35. The monoisotopic (exact) mass is 315 g/mol. The van der Waals surface area contributed by atoms with E-state index < -0.39 is 0 Å². The molecular weight excluding hydrogens is 302 g/mol. The molecule has 22 heavy (non-hydrogen) atoms. The third-order valence-electron chi connectivity index (χ3n) is 3.34. The molecule has 0 aliphatic carbocycles. The van der Waals surface area contributed by atoms with Crippen LogP contribution in [0.2, 0.25) is 0 Å². The average molecular weight is 315 g/mol. The maximum absolute atomic E-state index is 12.1. The summed E-state index contributed by atoms with van der Waals surface area (Å²) in [5.41, 5.74) is 2.16. The molecule has 0 bridgehead atoms. The van der Waals surface area contributed by atoms with E-state index in [9.17, 15) is 4.79 Å². The summed E-state index contributed by atoms with van der Waals surface area (Å²) in [6, 6.07) is 5.37. The molecule has 112 valence electrons. The Morgan fingerprint density at radius 1 is 1.36 bits per heavy atom. The van der Waals surface area contributed by atoms with E-state index in [1.165, 1.54) is 11.3 Å². The van der Waals surface area contributed by atoms with Gasteiger partial charge in [-0.3, -0.25) is 5.32 Å². The first kappa shape index (κ1) is 14.2. The van der Waals surface area contributed by atoms with Crippen LogP contribution >= 0.6 is 11.3 Å². The van der Waals surface area contributed by atoms with Gasteiger partial charge in [0.15, 0.2) is 0 Å². The molecule has 0 unspecified atom stereocenters. The Bertz CT molecular complexity index is 689. The molecule has 0 radical (unpaired) electrons. The van der Waals surface area contributed by atoms with Gasteiger partial charge in [0.2, 0.25) is 5.13 Å². The van der Waals surface area contributed by atoms with Crippen LogP contribution in [0.1, 0.15) is 5.56 Å². The van der Waals surface area contributed by atoms with Gasteiger partial charge in [-0.15, -0.1) is 10.2 Å². The Kier molecular flexibility index (Phi) is 4.11. The highest BCUT2D eigenvalue weighted by molar-refractivity contribution is 7.13. The molecule has 3 rings (SSSR count). The summed E-state index contributed by atoms with van der Waals surface area (Å²) in [4.78, 5) is 20.2. The van der Waals surface area contributed by atoms with Crippen molar-refractivity contribution in [3.63, 3.8) is 0 Å². The summed E-state index contributed by atoms with van der Waals surface area (Å²) in [5.74, 6) is 0.767. The first-order chi connectivity index (χ1) is 10.8. The normalized spacial score (nSPS) is 14.5. The lowest BCUT2D eigenvalue weighted by Crippen LogP contribution is -2.50. The topological polar surface area (TPSA) is 98.0 Å². The highest BCUT2D eigenvalue weighted by Crippen LogP contribution is 2.16. The van der Waals surface area contributed by atoms with Crippen LogP contribution in [-0.4, -0.2) is 52.3 Å². The minimum absolute atomic E-state index is 0.171. The third kappa shape index (κ3) is 3.12. The number of nitriles is 1. The number of piperazine rings is 1. The van der Waals surface area contributed by atoms with Gasteiger partial charge >= 0.3 is 6.03 Å². The van der Waals surface area contributed by atoms with Gasteiger partial charge in [-0.25, -0.2) is 9.78 Å². The van der Waals surface area contributed by atoms with Gasteiger partial charge in [0.1, 0.15) is 11.3 Å². The van der Waals surface area contributed by atoms with Gasteiger partial charge in [0.25, 0.3) is 0 Å². The Hall–Kier alpha value is -2.73. The van der Waals surface area contributed by atoms with Crippen molar-refractivity contribution in [1.82, 2.24) is 20.1 Å². The third-order valence-corrected chi connectivity index (χ3v) is 3.95. The zero-order valence-corrected chi connectivity index (χ0v) is 12.5. The van der Waals surface area contributed by atoms with E-state index >= 15 is 0 Å². The zero-order chi connectivity index (χ0) is 15.4. The highest BCUT2D eigenvalue weighted by atomic mass is 32.1. The predicted octanol–water partition coefficient (Wildman–Crippen LogP) is 1.16. The second-order valence-corrected chi connectivity index (χ2v) is 5.50. The fourth-order valence-corrected chi connectivity index (χ4v) is 2.63. The van der Waals surface area contributed by atoms with Crippen LogP contribution in [0.3, 0.4) is 0 Å². The number of anilines is 2. The van der Waals surface area contributed by atoms with Crippen molar-refractivity contribution in [1.29, 1.82) is 5.26 Å². The Labute approximate surface area is 131 Å². The molecule has 2 aromatic rings. The van der Waals surface area contributed by atoms with Crippen LogP contribution in [0.5, 0.6) is 0 Å². The van der Waals surface area contributed by atoms with E-state index in [2.05, 4.69) is 31.5 Å². The maximum Gasteiger partial charge on any atom is 0.323 e. The molecule has 1 aliphatic rings. The van der Waals surface area contributed by atoms with Gasteiger partial charge < -0.3 is 9.80 Å². The molecule has 1 aliphatic heterocycles. The van der Waals surface area contributed by atoms with Crippen molar-refractivity contribution in [2.75, 3.05) is 36.4 Å². The van der Waals surface area contributed by atoms with Gasteiger partial charge in [-0.1, -0.05) is 11.3 Å². The average Bonchev–Trinajstić information content (AvgIpc) is 3.08. The summed E-state index contributed by atoms with van der Waals surface area (Å²) in [7, 11) is 0. The smallest absolute Gasteiger partial charge is 0.323 e. The number of aromatic nitrogens is 3. The zero-order valence-electron chi connectivity index (χ0n) is 11.6. The number of carbonyl (C=O) groups is 1. The number of amides is 2. The molecule has 1 saturated heterocycles. The first-order valence-corrected chi connectivity index (χ1v) is 7.57. The van der Waals surface area contributed by atoms with Crippen molar-refractivity contribution in [2.24, 2.45) is 0 Å². The minimum Gasteiger partial charge on any atom is -0.353 e. The summed E-state index contributed by atoms with van der Waals surface area (Å²) in [6.45, 7) is 2.52. The fraction of sp³-hybridized carbons (Fsp3) is 0.308. The van der Waals surface area contributed by atoms with Crippen LogP contribution in [0, 0.1) is 11.3 Å². The lowest BCUT2D eigenvalue weighted by atomic mass is 10.2. The first-order valence-electron chi connectivity index (χ1n) is 6.69. The van der Waals surface area contributed by atoms with Crippen molar-refractivity contribution in [3.8, 4) is 6.07 Å². The lowest BCUT2D eigenvalue weighted by molar-refractivity contribution is 0.208. The number of nitrogens with zero attached hydrogens (tertiary/aromatic N) is 6. The number of hydrogen-bond donors (Lipinski definition) is 1. The minimum atomic E-state index is -0.171. The summed E-state index contributed by atoms with van der Waals surface area (Å²) in [6.07, 6.45) is 1.63. The van der Waals surface area contributed by atoms with E-state index in [1.807, 2.05) is 0 Å². The molecule has 0 aromatic carbocycles. The van der Waals surface area contributed by atoms with Crippen molar-refractivity contribution >= 4 is 28.3 Å². The number of carbonyl (C=O) groups excluding carboxylic acids is 1. The van der Waals surface area contributed by atoms with Crippen LogP contribution in [0.4, 0.5) is 15.7 Å². The van der Waals surface area contributed by atoms with Crippen molar-refractivity contribution in [2.45, 2.75) is 0 Å². The number of nitrogens with one attached hydrogen (secondary N) is 1. The Balaban J connectivity index is 1.58. The SMILES string of the molecule is N#Cc1ccnc(N2CCN(C(=O)Nc3nncs3)CC2)c1. The molecule has 1 N–H and O–H groups in total. The van der Waals surface area contributed by atoms with Gasteiger partial charge in [0.05, 0.1) is 11.6 Å². The molecule has 3 heterocycles. The quantitative estimate of drug-likeness (QED) is 0.893. The molecule has 1 fully saturated rings. The van der Waals surface area contributed by atoms with Crippen LogP contribution < -0.4 is 10.2 Å². The van der Waals surface area contributed by atoms with E-state index in [4.69, 9.17) is 5.26 Å². The van der Waals surface area contributed by atoms with E-state index in [-0.39, 0.29) is 6.03 Å². The fourth-order valence-electron chi connectivity index (χ4n) is 2.20. The standard InChI is InChI=1S/C13H13N7OS/c14-8-10-1-2-15-11(7-10)19-3-5-20(6-4-19)13(21)17-12-18-16-9-22-12/h1-2,7,9H,3-6H2,(H,17,18,21). The molecule has 8 nitrogen and oxygen atoms in total. The van der Waals surface area contributed by atoms with Gasteiger partial charge in [0, 0.05) is 32.4 Å². The van der Waals surface area contributed by atoms with E-state index in [0.717, 1.165) is 5.82 Å². The summed E-state index contributed by atoms with van der Waals surface area (Å²) < 4.78 is 0. The molecule has 2 aromatic heterocycles. The van der Waals surface area contributed by atoms with Gasteiger partial charge in [-0.2, -0.15) is 5.26 Å². The van der Waals surface area contributed by atoms with Gasteiger partial charge in [-0.05, 0) is 12.1 Å². The second-order valence-electron chi connectivity index (χ2n) is 4.66. The molecular formula is C13H13N7OS. The Morgan fingerprint density at radius 3 is 2.86 bits per heavy atom. The van der Waals surface area contributed by atoms with Crippen LogP contribution in [-0.2, 0) is 0 Å². The predicted molar refractivity (Wildman–Crippen MR) is 81.7 cm³/mol. The number of hydrogen-bond acceptors (Lipinski definition) is 7. The molecule has 9 heteroatoms. The largest absolute Gasteiger partial charge is 0.353 e. The summed E-state index contributed by atoms with van der Waals surface area (Å²) >= 11 is 1.28. The molecule has 2 amide bonds. The highest BCUT2D eigenvalue weighted by Gasteiger charge is 2.22. The van der Waals surface area contributed by atoms with Crippen LogP contribution in [0.15, 0.2) is 23.8 Å². The molecule has 0 atom stereocenters. The van der Waals surface area contributed by atoms with Crippen LogP contribution in [0.25, 0.3) is 0 Å². The maximum atomic E-state index is 12.1. The number of rotatable bonds is 2. The molecule has 0 spiro atoms. The van der Waals surface area contributed by atoms with Crippen molar-refractivity contribution < 1.29 is 4.79 Å². The second kappa shape index (κ2) is 6.36. The summed E-state index contributed by atoms with van der Waals surface area (Å²) in [5, 5.41) is 19.6. The number of pyridine rings is 1.